The van der Waals surface area contributed by atoms with Crippen LogP contribution in [0.1, 0.15) is 24.1 Å². The Balaban J connectivity index is 1.41. The van der Waals surface area contributed by atoms with E-state index in [1.54, 1.807) is 16.6 Å². The van der Waals surface area contributed by atoms with Gasteiger partial charge in [0.1, 0.15) is 5.75 Å². The monoisotopic (exact) mass is 417 g/mol. The number of aromatic nitrogens is 1. The van der Waals surface area contributed by atoms with Crippen molar-refractivity contribution < 1.29 is 14.3 Å². The lowest BCUT2D eigenvalue weighted by molar-refractivity contribution is -0.139. The van der Waals surface area contributed by atoms with Gasteiger partial charge in [0.05, 0.1) is 7.11 Å². The number of hydrogen-bond acceptors (Lipinski definition) is 5. The van der Waals surface area contributed by atoms with Crippen LogP contribution in [0.2, 0.25) is 0 Å². The molecule has 0 radical (unpaired) electrons. The first-order valence-electron chi connectivity index (χ1n) is 9.81. The third-order valence-corrected chi connectivity index (χ3v) is 6.18. The fraction of sp³-hybridized carbons (Fsp3) is 0.476. The molecule has 0 saturated carbocycles. The highest BCUT2D eigenvalue weighted by Gasteiger charge is 2.24. The van der Waals surface area contributed by atoms with Gasteiger partial charge in [-0.2, -0.15) is 0 Å². The highest BCUT2D eigenvalue weighted by atomic mass is 32.1. The van der Waals surface area contributed by atoms with E-state index in [-0.39, 0.29) is 16.7 Å². The third kappa shape index (κ3) is 5.47. The van der Waals surface area contributed by atoms with Crippen LogP contribution in [-0.2, 0) is 22.6 Å². The van der Waals surface area contributed by atoms with E-state index < -0.39 is 0 Å². The molecule has 2 heterocycles. The number of benzene rings is 1. The van der Waals surface area contributed by atoms with Crippen molar-refractivity contribution in [2.45, 2.75) is 32.7 Å². The van der Waals surface area contributed by atoms with Crippen molar-refractivity contribution >= 4 is 23.2 Å². The second-order valence-corrected chi connectivity index (χ2v) is 7.97. The Kier molecular flexibility index (Phi) is 7.09. The number of methoxy groups -OCH3 is 1. The Morgan fingerprint density at radius 2 is 1.59 bits per heavy atom. The zero-order valence-corrected chi connectivity index (χ0v) is 17.7. The van der Waals surface area contributed by atoms with Crippen molar-refractivity contribution in [2.24, 2.45) is 0 Å². The van der Waals surface area contributed by atoms with E-state index in [0.29, 0.717) is 52.0 Å². The predicted octanol–water partition coefficient (Wildman–Crippen LogP) is 1.92. The largest absolute Gasteiger partial charge is 0.497 e. The molecule has 156 valence electrons. The molecule has 0 unspecified atom stereocenters. The lowest BCUT2D eigenvalue weighted by Crippen LogP contribution is -2.50. The average molecular weight is 418 g/mol. The van der Waals surface area contributed by atoms with Crippen molar-refractivity contribution in [2.75, 3.05) is 33.3 Å². The lowest BCUT2D eigenvalue weighted by Gasteiger charge is -2.35. The Morgan fingerprint density at radius 1 is 1.00 bits per heavy atom. The quantitative estimate of drug-likeness (QED) is 0.690. The predicted molar refractivity (Wildman–Crippen MR) is 112 cm³/mol. The Bertz CT molecular complexity index is 895. The molecule has 2 aromatic rings. The summed E-state index contributed by atoms with van der Waals surface area (Å²) in [5.74, 6) is 0.959. The van der Waals surface area contributed by atoms with E-state index in [2.05, 4.69) is 0 Å². The molecule has 8 heteroatoms. The standard InChI is InChI=1S/C21H27N3O4S/c1-16-15-29-21(27)24(16)10-9-20(26)23-13-11-22(12-14-23)19(25)8-5-17-3-6-18(28-2)7-4-17/h3-4,6-7,15H,5,8-14H2,1-2H3. The Hall–Kier alpha value is -2.61. The van der Waals surface area contributed by atoms with Gasteiger partial charge in [0.2, 0.25) is 11.8 Å². The van der Waals surface area contributed by atoms with E-state index in [1.165, 1.54) is 0 Å². The van der Waals surface area contributed by atoms with Gasteiger partial charge in [-0.1, -0.05) is 23.5 Å². The van der Waals surface area contributed by atoms with Crippen LogP contribution in [-0.4, -0.2) is 59.5 Å². The maximum absolute atomic E-state index is 12.5. The number of carbonyl (C=O) groups excluding carboxylic acids is 2. The SMILES string of the molecule is COc1ccc(CCC(=O)N2CCN(C(=O)CCn3c(C)csc3=O)CC2)cc1. The number of carbonyl (C=O) groups is 2. The van der Waals surface area contributed by atoms with Crippen LogP contribution in [0, 0.1) is 6.92 Å². The van der Waals surface area contributed by atoms with E-state index in [1.807, 2.05) is 41.5 Å². The molecule has 7 nitrogen and oxygen atoms in total. The van der Waals surface area contributed by atoms with Crippen LogP contribution in [0.25, 0.3) is 0 Å². The molecule has 1 fully saturated rings. The molecule has 3 rings (SSSR count). The van der Waals surface area contributed by atoms with E-state index in [9.17, 15) is 14.4 Å². The molecule has 2 amide bonds. The topological polar surface area (TPSA) is 71.8 Å². The molecule has 29 heavy (non-hydrogen) atoms. The van der Waals surface area contributed by atoms with Crippen molar-refractivity contribution in [1.29, 1.82) is 0 Å². The van der Waals surface area contributed by atoms with Gasteiger partial charge >= 0.3 is 4.87 Å². The fourth-order valence-electron chi connectivity index (χ4n) is 3.45. The van der Waals surface area contributed by atoms with Crippen LogP contribution in [0.3, 0.4) is 0 Å². The Morgan fingerprint density at radius 3 is 2.10 bits per heavy atom. The molecule has 0 N–H and O–H groups in total. The van der Waals surface area contributed by atoms with Crippen LogP contribution in [0.15, 0.2) is 34.4 Å². The van der Waals surface area contributed by atoms with E-state index >= 15 is 0 Å². The number of ether oxygens (including phenoxy) is 1. The van der Waals surface area contributed by atoms with Crippen molar-refractivity contribution in [1.82, 2.24) is 14.4 Å². The fourth-order valence-corrected chi connectivity index (χ4v) is 4.21. The number of rotatable bonds is 7. The first-order valence-corrected chi connectivity index (χ1v) is 10.7. The van der Waals surface area contributed by atoms with Gasteiger partial charge in [-0.25, -0.2) is 0 Å². The summed E-state index contributed by atoms with van der Waals surface area (Å²) in [5.41, 5.74) is 1.99. The maximum Gasteiger partial charge on any atom is 0.307 e. The molecular formula is C21H27N3O4S. The van der Waals surface area contributed by atoms with Gasteiger partial charge in [-0.3, -0.25) is 14.4 Å². The minimum Gasteiger partial charge on any atom is -0.497 e. The summed E-state index contributed by atoms with van der Waals surface area (Å²) in [6.45, 7) is 4.50. The van der Waals surface area contributed by atoms with Gasteiger partial charge in [0.15, 0.2) is 0 Å². The molecule has 0 bridgehead atoms. The minimum absolute atomic E-state index is 0.0254. The molecule has 1 aromatic heterocycles. The highest BCUT2D eigenvalue weighted by molar-refractivity contribution is 7.07. The molecule has 0 spiro atoms. The third-order valence-electron chi connectivity index (χ3n) is 5.30. The maximum atomic E-state index is 12.5. The molecule has 1 saturated heterocycles. The summed E-state index contributed by atoms with van der Waals surface area (Å²) < 4.78 is 6.79. The van der Waals surface area contributed by atoms with Crippen molar-refractivity contribution in [3.8, 4) is 5.75 Å². The second kappa shape index (κ2) is 9.73. The zero-order valence-electron chi connectivity index (χ0n) is 16.9. The van der Waals surface area contributed by atoms with Gasteiger partial charge in [-0.05, 0) is 31.0 Å². The summed E-state index contributed by atoms with van der Waals surface area (Å²) in [6, 6.07) is 7.75. The number of thiazole rings is 1. The normalized spacial score (nSPS) is 14.1. The summed E-state index contributed by atoms with van der Waals surface area (Å²) in [6.07, 6.45) is 1.46. The number of aryl methyl sites for hydroxylation is 2. The van der Waals surface area contributed by atoms with Gasteiger partial charge in [0.25, 0.3) is 0 Å². The van der Waals surface area contributed by atoms with Gasteiger partial charge in [0, 0.05) is 56.6 Å². The molecule has 1 aromatic carbocycles. The number of hydrogen-bond donors (Lipinski definition) is 0. The smallest absolute Gasteiger partial charge is 0.307 e. The Labute approximate surface area is 174 Å². The van der Waals surface area contributed by atoms with Gasteiger partial charge < -0.3 is 19.1 Å². The molecule has 0 aliphatic carbocycles. The second-order valence-electron chi connectivity index (χ2n) is 7.15. The zero-order chi connectivity index (χ0) is 20.8. The molecule has 1 aliphatic heterocycles. The molecule has 0 atom stereocenters. The first-order chi connectivity index (χ1) is 14.0. The summed E-state index contributed by atoms with van der Waals surface area (Å²) in [7, 11) is 1.63. The number of piperazine rings is 1. The molecular weight excluding hydrogens is 390 g/mol. The molecule has 1 aliphatic rings. The number of nitrogens with zero attached hydrogens (tertiary/aromatic N) is 3. The van der Waals surface area contributed by atoms with Crippen molar-refractivity contribution in [3.05, 3.63) is 50.6 Å². The van der Waals surface area contributed by atoms with E-state index in [4.69, 9.17) is 4.74 Å². The summed E-state index contributed by atoms with van der Waals surface area (Å²) >= 11 is 1.16. The van der Waals surface area contributed by atoms with Crippen LogP contribution in [0.4, 0.5) is 0 Å². The minimum atomic E-state index is -0.0254. The van der Waals surface area contributed by atoms with E-state index in [0.717, 1.165) is 28.3 Å². The number of amides is 2. The van der Waals surface area contributed by atoms with Crippen LogP contribution >= 0.6 is 11.3 Å². The van der Waals surface area contributed by atoms with Crippen LogP contribution < -0.4 is 9.61 Å². The van der Waals surface area contributed by atoms with Gasteiger partial charge in [-0.15, -0.1) is 0 Å². The first kappa shape index (κ1) is 21.1. The van der Waals surface area contributed by atoms with Crippen LogP contribution in [0.5, 0.6) is 5.75 Å². The summed E-state index contributed by atoms with van der Waals surface area (Å²) in [4.78, 5) is 40.3. The average Bonchev–Trinajstić information content (AvgIpc) is 3.08. The summed E-state index contributed by atoms with van der Waals surface area (Å²) in [5, 5.41) is 1.81. The van der Waals surface area contributed by atoms with Crippen molar-refractivity contribution in [3.63, 3.8) is 0 Å². The highest BCUT2D eigenvalue weighted by Crippen LogP contribution is 2.14. The lowest BCUT2D eigenvalue weighted by atomic mass is 10.1.